The lowest BCUT2D eigenvalue weighted by atomic mass is 10.1. The Morgan fingerprint density at radius 1 is 1.47 bits per heavy atom. The number of methoxy groups -OCH3 is 1. The summed E-state index contributed by atoms with van der Waals surface area (Å²) in [6, 6.07) is 4.97. The summed E-state index contributed by atoms with van der Waals surface area (Å²) in [5, 5.41) is 0. The second kappa shape index (κ2) is 7.48. The minimum Gasteiger partial charge on any atom is -0.383 e. The largest absolute Gasteiger partial charge is 0.383 e. The van der Waals surface area contributed by atoms with Crippen LogP contribution in [0.4, 0.5) is 0 Å². The van der Waals surface area contributed by atoms with Crippen molar-refractivity contribution < 1.29 is 4.74 Å². The van der Waals surface area contributed by atoms with Crippen LogP contribution in [-0.2, 0) is 4.74 Å². The second-order valence-corrected chi connectivity index (χ2v) is 6.71. The fourth-order valence-electron chi connectivity index (χ4n) is 1.89. The Morgan fingerprint density at radius 2 is 2.18 bits per heavy atom. The fraction of sp³-hybridized carbons (Fsp3) is 0.667. The summed E-state index contributed by atoms with van der Waals surface area (Å²) in [5.41, 5.74) is 5.93. The number of nitrogens with two attached hydrogens (primary N) is 1. The van der Waals surface area contributed by atoms with E-state index in [1.165, 1.54) is 4.88 Å². The first-order valence-corrected chi connectivity index (χ1v) is 7.41. The van der Waals surface area contributed by atoms with E-state index in [2.05, 4.69) is 46.8 Å². The fourth-order valence-corrected chi connectivity index (χ4v) is 3.45. The number of nitrogens with zero attached hydrogens (tertiary/aromatic N) is 1. The summed E-state index contributed by atoms with van der Waals surface area (Å²) in [5.74, 6) is 0. The van der Waals surface area contributed by atoms with Crippen LogP contribution in [0, 0.1) is 0 Å². The molecule has 0 fully saturated rings. The molecule has 98 valence electrons. The van der Waals surface area contributed by atoms with Gasteiger partial charge in [0.1, 0.15) is 0 Å². The summed E-state index contributed by atoms with van der Waals surface area (Å²) in [7, 11) is 1.73. The maximum absolute atomic E-state index is 5.93. The number of thiophene rings is 1. The number of halogens is 1. The predicted octanol–water partition coefficient (Wildman–Crippen LogP) is 2.87. The third-order valence-electron chi connectivity index (χ3n) is 2.76. The Labute approximate surface area is 116 Å². The van der Waals surface area contributed by atoms with Crippen LogP contribution in [0.3, 0.4) is 0 Å². The van der Waals surface area contributed by atoms with Crippen LogP contribution in [0.5, 0.6) is 0 Å². The van der Waals surface area contributed by atoms with Gasteiger partial charge in [0.25, 0.3) is 0 Å². The van der Waals surface area contributed by atoms with Gasteiger partial charge in [-0.15, -0.1) is 11.3 Å². The molecule has 0 saturated carbocycles. The van der Waals surface area contributed by atoms with Gasteiger partial charge in [-0.05, 0) is 41.9 Å². The molecule has 0 bridgehead atoms. The zero-order valence-electron chi connectivity index (χ0n) is 10.6. The minimum atomic E-state index is 0.279. The number of ether oxygens (including phenoxy) is 1. The van der Waals surface area contributed by atoms with Crippen molar-refractivity contribution >= 4 is 27.3 Å². The first-order chi connectivity index (χ1) is 8.10. The Kier molecular flexibility index (Phi) is 6.66. The highest BCUT2D eigenvalue weighted by atomic mass is 79.9. The molecule has 1 aromatic heterocycles. The quantitative estimate of drug-likeness (QED) is 0.839. The van der Waals surface area contributed by atoms with Crippen LogP contribution in [0.25, 0.3) is 0 Å². The van der Waals surface area contributed by atoms with Gasteiger partial charge >= 0.3 is 0 Å². The van der Waals surface area contributed by atoms with Crippen molar-refractivity contribution in [3.63, 3.8) is 0 Å². The number of hydrogen-bond acceptors (Lipinski definition) is 4. The first kappa shape index (κ1) is 15.1. The number of rotatable bonds is 7. The molecule has 0 aliphatic rings. The molecule has 3 nitrogen and oxygen atoms in total. The molecule has 1 atom stereocenters. The molecule has 0 spiro atoms. The summed E-state index contributed by atoms with van der Waals surface area (Å²) >= 11 is 5.26. The van der Waals surface area contributed by atoms with Gasteiger partial charge in [-0.1, -0.05) is 0 Å². The Morgan fingerprint density at radius 3 is 2.59 bits per heavy atom. The zero-order valence-corrected chi connectivity index (χ0v) is 13.1. The van der Waals surface area contributed by atoms with E-state index in [0.717, 1.165) is 16.9 Å². The summed E-state index contributed by atoms with van der Waals surface area (Å²) in [4.78, 5) is 3.70. The van der Waals surface area contributed by atoms with Crippen molar-refractivity contribution in [2.75, 3.05) is 26.8 Å². The molecular formula is C12H21BrN2OS. The Hall–Kier alpha value is 0.0600. The molecule has 1 aromatic rings. The predicted molar refractivity (Wildman–Crippen MR) is 77.5 cm³/mol. The van der Waals surface area contributed by atoms with Gasteiger partial charge in [-0.2, -0.15) is 0 Å². The van der Waals surface area contributed by atoms with Gasteiger partial charge in [0.05, 0.1) is 16.4 Å². The Balaban J connectivity index is 2.81. The average molecular weight is 321 g/mol. The topological polar surface area (TPSA) is 38.5 Å². The molecule has 0 radical (unpaired) electrons. The van der Waals surface area contributed by atoms with Gasteiger partial charge in [-0.25, -0.2) is 0 Å². The van der Waals surface area contributed by atoms with E-state index in [4.69, 9.17) is 10.5 Å². The third kappa shape index (κ3) is 4.34. The average Bonchev–Trinajstić information content (AvgIpc) is 2.70. The maximum Gasteiger partial charge on any atom is 0.0702 e. The molecule has 1 heterocycles. The van der Waals surface area contributed by atoms with E-state index in [9.17, 15) is 0 Å². The highest BCUT2D eigenvalue weighted by Crippen LogP contribution is 2.31. The molecule has 1 rings (SSSR count). The van der Waals surface area contributed by atoms with Crippen LogP contribution in [-0.4, -0.2) is 37.7 Å². The van der Waals surface area contributed by atoms with Crippen LogP contribution >= 0.6 is 27.3 Å². The summed E-state index contributed by atoms with van der Waals surface area (Å²) < 4.78 is 6.32. The second-order valence-electron chi connectivity index (χ2n) is 4.22. The minimum absolute atomic E-state index is 0.279. The van der Waals surface area contributed by atoms with Gasteiger partial charge in [0.15, 0.2) is 0 Å². The van der Waals surface area contributed by atoms with Crippen molar-refractivity contribution in [2.45, 2.75) is 25.9 Å². The highest BCUT2D eigenvalue weighted by molar-refractivity contribution is 9.11. The van der Waals surface area contributed by atoms with Crippen molar-refractivity contribution in [1.82, 2.24) is 4.90 Å². The monoisotopic (exact) mass is 320 g/mol. The maximum atomic E-state index is 5.93. The van der Waals surface area contributed by atoms with E-state index in [-0.39, 0.29) is 6.04 Å². The lowest BCUT2D eigenvalue weighted by Crippen LogP contribution is -2.40. The van der Waals surface area contributed by atoms with Crippen molar-refractivity contribution in [3.8, 4) is 0 Å². The lowest BCUT2D eigenvalue weighted by Gasteiger charge is -2.33. The van der Waals surface area contributed by atoms with E-state index < -0.39 is 0 Å². The molecule has 0 aromatic carbocycles. The van der Waals surface area contributed by atoms with Crippen molar-refractivity contribution in [3.05, 3.63) is 20.8 Å². The molecule has 17 heavy (non-hydrogen) atoms. The van der Waals surface area contributed by atoms with Gasteiger partial charge in [0.2, 0.25) is 0 Å². The van der Waals surface area contributed by atoms with Crippen molar-refractivity contribution in [1.29, 1.82) is 0 Å². The van der Waals surface area contributed by atoms with Crippen molar-refractivity contribution in [2.24, 2.45) is 5.73 Å². The van der Waals surface area contributed by atoms with Crippen LogP contribution in [0.2, 0.25) is 0 Å². The lowest BCUT2D eigenvalue weighted by molar-refractivity contribution is 0.0992. The first-order valence-electron chi connectivity index (χ1n) is 5.80. The standard InChI is InChI=1S/C12H21BrN2OS/c1-9(2)15(6-7-16-3)10(8-14)11-4-5-12(13)17-11/h4-5,9-10H,6-8,14H2,1-3H3. The molecular weight excluding hydrogens is 300 g/mol. The Bertz CT molecular complexity index is 330. The highest BCUT2D eigenvalue weighted by Gasteiger charge is 2.22. The van der Waals surface area contributed by atoms with E-state index in [0.29, 0.717) is 12.6 Å². The van der Waals surface area contributed by atoms with Crippen LogP contribution in [0.1, 0.15) is 24.8 Å². The molecule has 5 heteroatoms. The molecule has 0 aliphatic carbocycles. The van der Waals surface area contributed by atoms with Gasteiger partial charge < -0.3 is 10.5 Å². The smallest absolute Gasteiger partial charge is 0.0702 e. The summed E-state index contributed by atoms with van der Waals surface area (Å²) in [6.45, 7) is 6.67. The molecule has 1 unspecified atom stereocenters. The summed E-state index contributed by atoms with van der Waals surface area (Å²) in [6.07, 6.45) is 0. The van der Waals surface area contributed by atoms with E-state index in [1.54, 1.807) is 18.4 Å². The molecule has 0 aliphatic heterocycles. The molecule has 0 saturated heterocycles. The van der Waals surface area contributed by atoms with Crippen LogP contribution in [0.15, 0.2) is 15.9 Å². The van der Waals surface area contributed by atoms with Crippen LogP contribution < -0.4 is 5.73 Å². The SMILES string of the molecule is COCCN(C(C)C)C(CN)c1ccc(Br)s1. The normalized spacial score (nSPS) is 13.6. The van der Waals surface area contributed by atoms with E-state index in [1.807, 2.05) is 0 Å². The third-order valence-corrected chi connectivity index (χ3v) is 4.49. The van der Waals surface area contributed by atoms with Gasteiger partial charge in [0, 0.05) is 31.1 Å². The van der Waals surface area contributed by atoms with E-state index >= 15 is 0 Å². The molecule has 2 N–H and O–H groups in total. The molecule has 0 amide bonds. The van der Waals surface area contributed by atoms with Gasteiger partial charge in [-0.3, -0.25) is 4.90 Å². The number of hydrogen-bond donors (Lipinski definition) is 1. The zero-order chi connectivity index (χ0) is 12.8.